The van der Waals surface area contributed by atoms with E-state index in [9.17, 15) is 31.6 Å². The fourth-order valence-corrected chi connectivity index (χ4v) is 5.79. The van der Waals surface area contributed by atoms with Crippen LogP contribution >= 0.6 is 0 Å². The molecule has 0 bridgehead atoms. The summed E-state index contributed by atoms with van der Waals surface area (Å²) < 4.78 is 89.5. The van der Waals surface area contributed by atoms with Crippen LogP contribution in [0.15, 0.2) is 107 Å². The van der Waals surface area contributed by atoms with Gasteiger partial charge >= 0.3 is 12.4 Å². The SMILES string of the molecule is [C-]#[N+]/N=c1/c2cc(Oc3ccc(C(F)(F)F)cc3)ccc2c2cc3c(=NC#N)c4cc(Oc5ccc(C(F)(F)F)cc5)ccc4c3cc12. The standard InChI is InChI=1S/C36H16F6N4O2/c1-44-46-34-30-15-24(48-22-8-4-20(5-9-22)36(40,41)42)11-13-26(30)28-16-31-27(17-32(28)34)25-12-10-23(14-29(25)33(31)45-18-43)47-21-6-2-19(3-7-21)35(37,38)39/h2-17H/b45-33?,46-34-. The molecule has 0 unspecified atom stereocenters. The third-order valence-electron chi connectivity index (χ3n) is 7.89. The largest absolute Gasteiger partial charge is 0.457 e. The summed E-state index contributed by atoms with van der Waals surface area (Å²) in [6.07, 6.45) is -7.12. The van der Waals surface area contributed by atoms with Gasteiger partial charge in [-0.3, -0.25) is 0 Å². The topological polar surface area (TPSA) is 71.3 Å². The van der Waals surface area contributed by atoms with Gasteiger partial charge in [0.05, 0.1) is 21.6 Å². The van der Waals surface area contributed by atoms with Gasteiger partial charge in [0.2, 0.25) is 6.19 Å². The zero-order valence-electron chi connectivity index (χ0n) is 24.1. The number of nitriles is 1. The molecule has 0 saturated heterocycles. The van der Waals surface area contributed by atoms with Crippen molar-refractivity contribution in [1.29, 1.82) is 5.26 Å². The van der Waals surface area contributed by atoms with Gasteiger partial charge in [-0.05, 0) is 119 Å². The first-order valence-electron chi connectivity index (χ1n) is 14.0. The predicted molar refractivity (Wildman–Crippen MR) is 165 cm³/mol. The van der Waals surface area contributed by atoms with Crippen molar-refractivity contribution in [2.45, 2.75) is 12.4 Å². The van der Waals surface area contributed by atoms with Crippen molar-refractivity contribution in [3.8, 4) is 29.2 Å². The van der Waals surface area contributed by atoms with Crippen LogP contribution in [0.5, 0.6) is 23.0 Å². The second-order valence-electron chi connectivity index (χ2n) is 10.7. The highest BCUT2D eigenvalue weighted by Gasteiger charge is 2.31. The Morgan fingerprint density at radius 2 is 0.917 bits per heavy atom. The maximum Gasteiger partial charge on any atom is 0.416 e. The van der Waals surface area contributed by atoms with Crippen molar-refractivity contribution in [3.63, 3.8) is 0 Å². The summed E-state index contributed by atoms with van der Waals surface area (Å²) in [7, 11) is 0. The maximum absolute atomic E-state index is 13.0. The lowest BCUT2D eigenvalue weighted by Gasteiger charge is -2.09. The number of fused-ring (bicyclic) bond motifs is 6. The van der Waals surface area contributed by atoms with E-state index in [1.807, 2.05) is 18.3 Å². The van der Waals surface area contributed by atoms with E-state index in [-0.39, 0.29) is 11.5 Å². The van der Waals surface area contributed by atoms with Crippen molar-refractivity contribution in [2.24, 2.45) is 10.1 Å². The van der Waals surface area contributed by atoms with Crippen LogP contribution in [0.3, 0.4) is 0 Å². The van der Waals surface area contributed by atoms with E-state index >= 15 is 0 Å². The third kappa shape index (κ3) is 5.29. The molecule has 0 aliphatic heterocycles. The summed E-state index contributed by atoms with van der Waals surface area (Å²) in [6, 6.07) is 22.4. The first-order chi connectivity index (χ1) is 22.9. The molecule has 0 spiro atoms. The molecular weight excluding hydrogens is 634 g/mol. The third-order valence-corrected chi connectivity index (χ3v) is 7.89. The molecule has 48 heavy (non-hydrogen) atoms. The Hall–Kier alpha value is -6.40. The van der Waals surface area contributed by atoms with Gasteiger partial charge in [-0.15, -0.1) is 4.95 Å². The summed E-state index contributed by atoms with van der Waals surface area (Å²) >= 11 is 0. The van der Waals surface area contributed by atoms with Crippen molar-refractivity contribution >= 4 is 43.1 Å². The maximum atomic E-state index is 13.0. The fraction of sp³-hybridized carbons (Fsp3) is 0.0556. The lowest BCUT2D eigenvalue weighted by Crippen LogP contribution is -2.04. The molecule has 0 heterocycles. The normalized spacial score (nSPS) is 13.0. The molecule has 12 heteroatoms. The van der Waals surface area contributed by atoms with Gasteiger partial charge < -0.3 is 9.47 Å². The van der Waals surface area contributed by atoms with Gasteiger partial charge in [0.25, 0.3) is 0 Å². The molecule has 0 saturated carbocycles. The molecule has 234 valence electrons. The Bertz CT molecular complexity index is 2420. The average molecular weight is 651 g/mol. The number of nitrogens with zero attached hydrogens (tertiary/aromatic N) is 4. The smallest absolute Gasteiger partial charge is 0.416 e. The van der Waals surface area contributed by atoms with Crippen LogP contribution < -0.4 is 20.2 Å². The van der Waals surface area contributed by atoms with Crippen molar-refractivity contribution < 1.29 is 35.8 Å². The summed E-state index contributed by atoms with van der Waals surface area (Å²) in [4.78, 5) is 7.34. The molecule has 7 aromatic carbocycles. The van der Waals surface area contributed by atoms with Crippen LogP contribution in [0.25, 0.3) is 48.0 Å². The fourth-order valence-electron chi connectivity index (χ4n) is 5.79. The summed E-state index contributed by atoms with van der Waals surface area (Å²) in [5.74, 6) is 1.02. The Balaban J connectivity index is 1.34. The highest BCUT2D eigenvalue weighted by atomic mass is 19.4. The van der Waals surface area contributed by atoms with Gasteiger partial charge in [-0.25, -0.2) is 0 Å². The van der Waals surface area contributed by atoms with Crippen molar-refractivity contribution in [3.05, 3.63) is 130 Å². The summed E-state index contributed by atoms with van der Waals surface area (Å²) in [5.41, 5.74) is -1.61. The molecule has 7 rings (SSSR count). The van der Waals surface area contributed by atoms with E-state index < -0.39 is 23.5 Å². The molecule has 0 amide bonds. The van der Waals surface area contributed by atoms with Gasteiger partial charge in [0.1, 0.15) is 23.0 Å². The first kappa shape index (κ1) is 30.3. The van der Waals surface area contributed by atoms with Crippen molar-refractivity contribution in [1.82, 2.24) is 0 Å². The molecule has 0 atom stereocenters. The lowest BCUT2D eigenvalue weighted by atomic mass is 10.1. The van der Waals surface area contributed by atoms with Gasteiger partial charge in [0.15, 0.2) is 5.36 Å². The Morgan fingerprint density at radius 1 is 0.521 bits per heavy atom. The number of hydrogen-bond acceptors (Lipinski definition) is 5. The van der Waals surface area contributed by atoms with E-state index in [4.69, 9.17) is 16.0 Å². The molecule has 0 aromatic heterocycles. The molecule has 0 N–H and O–H groups in total. The minimum atomic E-state index is -4.48. The molecule has 6 nitrogen and oxygen atoms in total. The number of halogens is 6. The van der Waals surface area contributed by atoms with Crippen LogP contribution in [0.1, 0.15) is 11.1 Å². The summed E-state index contributed by atoms with van der Waals surface area (Å²) in [6.45, 7) is 7.46. The van der Waals surface area contributed by atoms with Gasteiger partial charge in [0, 0.05) is 21.5 Å². The Morgan fingerprint density at radius 3 is 1.33 bits per heavy atom. The molecule has 0 aliphatic carbocycles. The number of ether oxygens (including phenoxy) is 2. The van der Waals surface area contributed by atoms with E-state index in [0.717, 1.165) is 24.3 Å². The highest BCUT2D eigenvalue weighted by molar-refractivity contribution is 6.21. The minimum Gasteiger partial charge on any atom is -0.457 e. The van der Waals surface area contributed by atoms with Gasteiger partial charge in [-0.1, -0.05) is 0 Å². The Kier molecular flexibility index (Phi) is 7.02. The Labute approximate surface area is 266 Å². The molecule has 0 fully saturated rings. The average Bonchev–Trinajstić information content (AvgIpc) is 3.51. The summed E-state index contributed by atoms with van der Waals surface area (Å²) in [5, 5.41) is 19.6. The predicted octanol–water partition coefficient (Wildman–Crippen LogP) is 9.91. The van der Waals surface area contributed by atoms with E-state index in [1.54, 1.807) is 36.4 Å². The monoisotopic (exact) mass is 650 g/mol. The molecular formula is C36H16F6N4O2. The first-order valence-corrected chi connectivity index (χ1v) is 14.0. The zero-order chi connectivity index (χ0) is 33.8. The molecule has 0 radical (unpaired) electrons. The number of hydrogen-bond donors (Lipinski definition) is 0. The number of benzene rings is 5. The number of alkyl halides is 6. The quantitative estimate of drug-likeness (QED) is 0.0824. The second-order valence-corrected chi connectivity index (χ2v) is 10.7. The lowest BCUT2D eigenvalue weighted by molar-refractivity contribution is -0.138. The minimum absolute atomic E-state index is 0.189. The molecule has 7 aromatic rings. The highest BCUT2D eigenvalue weighted by Crippen LogP contribution is 2.37. The molecule has 0 aliphatic rings. The van der Waals surface area contributed by atoms with E-state index in [1.165, 1.54) is 24.3 Å². The van der Waals surface area contributed by atoms with Gasteiger partial charge in [-0.2, -0.15) is 43.2 Å². The van der Waals surface area contributed by atoms with Crippen LogP contribution in [-0.2, 0) is 12.4 Å². The van der Waals surface area contributed by atoms with E-state index in [2.05, 4.69) is 15.0 Å². The van der Waals surface area contributed by atoms with E-state index in [0.29, 0.717) is 65.3 Å². The van der Waals surface area contributed by atoms with Crippen LogP contribution in [0, 0.1) is 18.0 Å². The second kappa shape index (κ2) is 11.1. The zero-order valence-corrected chi connectivity index (χ0v) is 24.1. The van der Waals surface area contributed by atoms with Crippen LogP contribution in [0.4, 0.5) is 26.3 Å². The number of rotatable bonds is 4. The van der Waals surface area contributed by atoms with Crippen LogP contribution in [-0.4, -0.2) is 0 Å². The van der Waals surface area contributed by atoms with Crippen molar-refractivity contribution in [2.75, 3.05) is 0 Å². The van der Waals surface area contributed by atoms with Crippen LogP contribution in [0.2, 0.25) is 0 Å².